The molecular formula is C29H40N4O5. The number of nitrogens with zero attached hydrogens (tertiary/aromatic N) is 4. The van der Waals surface area contributed by atoms with Crippen LogP contribution in [-0.4, -0.2) is 97.9 Å². The average Bonchev–Trinajstić information content (AvgIpc) is 3.62. The van der Waals surface area contributed by atoms with Crippen molar-refractivity contribution in [2.45, 2.75) is 114 Å². The van der Waals surface area contributed by atoms with Gasteiger partial charge in [-0.05, 0) is 72.6 Å². The fourth-order valence-electron chi connectivity index (χ4n) is 7.72. The molecule has 4 fully saturated rings. The molecule has 6 aliphatic heterocycles. The molecule has 0 aliphatic carbocycles. The summed E-state index contributed by atoms with van der Waals surface area (Å²) < 4.78 is 5.65. The Morgan fingerprint density at radius 3 is 2.45 bits per heavy atom. The molecule has 4 saturated heterocycles. The second-order valence-electron chi connectivity index (χ2n) is 12.9. The Bertz CT molecular complexity index is 1110. The second kappa shape index (κ2) is 8.85. The van der Waals surface area contributed by atoms with Crippen LogP contribution < -0.4 is 0 Å². The van der Waals surface area contributed by atoms with Crippen LogP contribution >= 0.6 is 0 Å². The van der Waals surface area contributed by atoms with E-state index in [1.165, 1.54) is 0 Å². The molecule has 38 heavy (non-hydrogen) atoms. The van der Waals surface area contributed by atoms with Crippen molar-refractivity contribution in [3.63, 3.8) is 0 Å². The predicted molar refractivity (Wildman–Crippen MR) is 140 cm³/mol. The summed E-state index contributed by atoms with van der Waals surface area (Å²) in [6.45, 7) is 8.49. The molecule has 0 aromatic heterocycles. The summed E-state index contributed by atoms with van der Waals surface area (Å²) in [5.74, 6) is -0.265. The van der Waals surface area contributed by atoms with E-state index >= 15 is 0 Å². The van der Waals surface area contributed by atoms with E-state index in [4.69, 9.17) is 4.74 Å². The van der Waals surface area contributed by atoms with Crippen molar-refractivity contribution in [1.82, 2.24) is 19.6 Å². The molecule has 9 nitrogen and oxygen atoms in total. The zero-order valence-corrected chi connectivity index (χ0v) is 23.0. The van der Waals surface area contributed by atoms with Gasteiger partial charge < -0.3 is 19.4 Å². The number of rotatable bonds is 1. The van der Waals surface area contributed by atoms with Crippen LogP contribution in [0.4, 0.5) is 4.79 Å². The molecule has 0 aromatic carbocycles. The van der Waals surface area contributed by atoms with E-state index in [0.717, 1.165) is 19.3 Å². The molecule has 0 radical (unpaired) electrons. The van der Waals surface area contributed by atoms with E-state index in [0.29, 0.717) is 38.8 Å². The highest BCUT2D eigenvalue weighted by molar-refractivity contribution is 5.99. The van der Waals surface area contributed by atoms with Gasteiger partial charge in [0, 0.05) is 25.0 Å². The van der Waals surface area contributed by atoms with E-state index in [9.17, 15) is 19.2 Å². The Morgan fingerprint density at radius 2 is 1.68 bits per heavy atom. The molecular weight excluding hydrogens is 484 g/mol. The first kappa shape index (κ1) is 25.4. The predicted octanol–water partition coefficient (Wildman–Crippen LogP) is 2.85. The van der Waals surface area contributed by atoms with Crippen LogP contribution in [0.15, 0.2) is 24.3 Å². The molecule has 1 spiro atoms. The van der Waals surface area contributed by atoms with Crippen LogP contribution in [0.5, 0.6) is 0 Å². The number of carbonyl (C=O) groups is 4. The number of amides is 4. The van der Waals surface area contributed by atoms with Gasteiger partial charge in [-0.25, -0.2) is 4.79 Å². The Morgan fingerprint density at radius 1 is 0.947 bits per heavy atom. The van der Waals surface area contributed by atoms with Gasteiger partial charge >= 0.3 is 6.09 Å². The fourth-order valence-corrected chi connectivity index (χ4v) is 7.72. The van der Waals surface area contributed by atoms with Crippen molar-refractivity contribution in [2.24, 2.45) is 5.92 Å². The Balaban J connectivity index is 1.26. The fraction of sp³-hybridized carbons (Fsp3) is 0.724. The second-order valence-corrected chi connectivity index (χ2v) is 12.9. The molecule has 6 rings (SSSR count). The van der Waals surface area contributed by atoms with Gasteiger partial charge in [-0.3, -0.25) is 19.3 Å². The Labute approximate surface area is 224 Å². The van der Waals surface area contributed by atoms with Gasteiger partial charge in [0.15, 0.2) is 0 Å². The van der Waals surface area contributed by atoms with Crippen LogP contribution in [0, 0.1) is 5.92 Å². The lowest BCUT2D eigenvalue weighted by molar-refractivity contribution is -0.153. The Kier molecular flexibility index (Phi) is 5.92. The maximum Gasteiger partial charge on any atom is 0.411 e. The van der Waals surface area contributed by atoms with Crippen molar-refractivity contribution in [2.75, 3.05) is 13.1 Å². The quantitative estimate of drug-likeness (QED) is 0.492. The van der Waals surface area contributed by atoms with Crippen molar-refractivity contribution in [1.29, 1.82) is 0 Å². The number of ether oxygens (including phenoxy) is 1. The summed E-state index contributed by atoms with van der Waals surface area (Å²) in [6, 6.07) is -1.02. The molecule has 9 heteroatoms. The highest BCUT2D eigenvalue weighted by atomic mass is 16.6. The van der Waals surface area contributed by atoms with Crippen molar-refractivity contribution in [3.8, 4) is 0 Å². The highest BCUT2D eigenvalue weighted by Crippen LogP contribution is 2.43. The molecule has 7 atom stereocenters. The summed E-state index contributed by atoms with van der Waals surface area (Å²) in [4.78, 5) is 62.2. The molecule has 6 aliphatic rings. The lowest BCUT2D eigenvalue weighted by Crippen LogP contribution is -2.64. The van der Waals surface area contributed by atoms with Crippen molar-refractivity contribution in [3.05, 3.63) is 24.3 Å². The van der Waals surface area contributed by atoms with Gasteiger partial charge in [-0.15, -0.1) is 0 Å². The van der Waals surface area contributed by atoms with Crippen molar-refractivity contribution >= 4 is 23.8 Å². The third kappa shape index (κ3) is 3.79. The minimum Gasteiger partial charge on any atom is -0.444 e. The third-order valence-corrected chi connectivity index (χ3v) is 9.48. The molecule has 0 saturated carbocycles. The topological polar surface area (TPSA) is 90.5 Å². The number of fused-ring (bicyclic) bond motifs is 3. The lowest BCUT2D eigenvalue weighted by atomic mass is 9.89. The minimum atomic E-state index is -1.12. The third-order valence-electron chi connectivity index (χ3n) is 9.48. The van der Waals surface area contributed by atoms with E-state index < -0.39 is 29.3 Å². The van der Waals surface area contributed by atoms with Gasteiger partial charge in [-0.1, -0.05) is 24.3 Å². The average molecular weight is 525 g/mol. The molecule has 6 heterocycles. The summed E-state index contributed by atoms with van der Waals surface area (Å²) in [5.41, 5.74) is -1.79. The standard InChI is InChI=1S/C29H40N4O5/c1-18-6-8-20-9-7-19-13-17-30(23(19)25(35)32(18)20)24(34)22-11-10-21-12-15-29(26(36)33(21)22)14-5-16-31(29)27(37)38-28(2,3)4/h7,9,12,15,18-23H,5-6,8,10-11,13-14,16-17H2,1-4H3/t18-,19+,20-,21+,22+,23?,29-/m1/s1. The molecule has 0 aromatic rings. The SMILES string of the molecule is C[C@@H]1CC[C@@H]2C=C[C@H]3CCN(C(=O)[C@@H]4CC[C@H]5C=C[C@]6(CCCN6C(=O)OC(C)(C)C)C(=O)N54)C3C(=O)N12. The number of likely N-dealkylation sites (tertiary alicyclic amines) is 2. The number of hydrogen-bond acceptors (Lipinski definition) is 5. The minimum absolute atomic E-state index is 0.0160. The van der Waals surface area contributed by atoms with Gasteiger partial charge in [0.05, 0.1) is 12.1 Å². The maximum absolute atomic E-state index is 14.2. The normalized spacial score (nSPS) is 38.1. The zero-order chi connectivity index (χ0) is 27.0. The first-order valence-corrected chi connectivity index (χ1v) is 14.4. The molecule has 0 N–H and O–H groups in total. The van der Waals surface area contributed by atoms with Gasteiger partial charge in [0.25, 0.3) is 5.91 Å². The molecule has 206 valence electrons. The van der Waals surface area contributed by atoms with Crippen LogP contribution in [0.2, 0.25) is 0 Å². The molecule has 0 bridgehead atoms. The maximum atomic E-state index is 14.2. The van der Waals surface area contributed by atoms with E-state index in [-0.39, 0.29) is 41.8 Å². The largest absolute Gasteiger partial charge is 0.444 e. The van der Waals surface area contributed by atoms with Crippen LogP contribution in [0.1, 0.15) is 72.6 Å². The number of hydrogen-bond donors (Lipinski definition) is 0. The molecule has 1 unspecified atom stereocenters. The van der Waals surface area contributed by atoms with Gasteiger partial charge in [0.2, 0.25) is 11.8 Å². The zero-order valence-electron chi connectivity index (χ0n) is 23.0. The molecule has 4 amide bonds. The van der Waals surface area contributed by atoms with E-state index in [2.05, 4.69) is 19.1 Å². The summed E-state index contributed by atoms with van der Waals surface area (Å²) in [6.07, 6.45) is 12.8. The van der Waals surface area contributed by atoms with Crippen LogP contribution in [-0.2, 0) is 19.1 Å². The lowest BCUT2D eigenvalue weighted by Gasteiger charge is -2.44. The van der Waals surface area contributed by atoms with Crippen LogP contribution in [0.25, 0.3) is 0 Å². The smallest absolute Gasteiger partial charge is 0.411 e. The van der Waals surface area contributed by atoms with E-state index in [1.54, 1.807) is 14.7 Å². The summed E-state index contributed by atoms with van der Waals surface area (Å²) >= 11 is 0. The summed E-state index contributed by atoms with van der Waals surface area (Å²) in [5, 5.41) is 0. The first-order chi connectivity index (χ1) is 18.0. The summed E-state index contributed by atoms with van der Waals surface area (Å²) in [7, 11) is 0. The van der Waals surface area contributed by atoms with E-state index in [1.807, 2.05) is 37.8 Å². The number of carbonyl (C=O) groups excluding carboxylic acids is 4. The highest BCUT2D eigenvalue weighted by Gasteiger charge is 2.58. The van der Waals surface area contributed by atoms with Gasteiger partial charge in [-0.2, -0.15) is 0 Å². The van der Waals surface area contributed by atoms with Crippen LogP contribution in [0.3, 0.4) is 0 Å². The van der Waals surface area contributed by atoms with Gasteiger partial charge in [0.1, 0.15) is 23.2 Å². The van der Waals surface area contributed by atoms with Crippen molar-refractivity contribution < 1.29 is 23.9 Å². The Hall–Kier alpha value is -2.84. The monoisotopic (exact) mass is 524 g/mol. The first-order valence-electron chi connectivity index (χ1n) is 14.4.